The van der Waals surface area contributed by atoms with Gasteiger partial charge in [-0.2, -0.15) is 0 Å². The Morgan fingerprint density at radius 1 is 1.40 bits per heavy atom. The number of ether oxygens (including phenoxy) is 1. The van der Waals surface area contributed by atoms with Crippen LogP contribution >= 0.6 is 11.6 Å². The molecule has 1 atom stereocenters. The van der Waals surface area contributed by atoms with Crippen molar-refractivity contribution < 1.29 is 9.84 Å². The van der Waals surface area contributed by atoms with E-state index in [1.54, 1.807) is 13.0 Å². The molecule has 0 amide bonds. The highest BCUT2D eigenvalue weighted by molar-refractivity contribution is 6.31. The molecule has 0 bridgehead atoms. The first-order valence-electron chi connectivity index (χ1n) is 5.13. The molecule has 0 radical (unpaired) electrons. The summed E-state index contributed by atoms with van der Waals surface area (Å²) in [7, 11) is 0. The molecule has 84 valence electrons. The monoisotopic (exact) mass is 228 g/mol. The van der Waals surface area contributed by atoms with Crippen LogP contribution in [0.2, 0.25) is 5.02 Å². The number of aliphatic hydroxyl groups is 1. The summed E-state index contributed by atoms with van der Waals surface area (Å²) in [5, 5.41) is 10.8. The first-order chi connectivity index (χ1) is 7.08. The fourth-order valence-corrected chi connectivity index (χ4v) is 1.73. The summed E-state index contributed by atoms with van der Waals surface area (Å²) in [6.07, 6.45) is 0.943. The Kier molecular flexibility index (Phi) is 4.58. The third-order valence-electron chi connectivity index (χ3n) is 2.19. The maximum Gasteiger partial charge on any atom is 0.111 e. The predicted molar refractivity (Wildman–Crippen MR) is 62.1 cm³/mol. The second-order valence-corrected chi connectivity index (χ2v) is 4.21. The topological polar surface area (TPSA) is 29.5 Å². The lowest BCUT2D eigenvalue weighted by molar-refractivity contribution is -0.0374. The summed E-state index contributed by atoms with van der Waals surface area (Å²) in [5.74, 6) is 0. The summed E-state index contributed by atoms with van der Waals surface area (Å²) >= 11 is 6.01. The van der Waals surface area contributed by atoms with Gasteiger partial charge >= 0.3 is 0 Å². The Hall–Kier alpha value is -0.570. The Bertz CT molecular complexity index is 310. The normalized spacial score (nSPS) is 14.9. The van der Waals surface area contributed by atoms with Gasteiger partial charge in [0.2, 0.25) is 0 Å². The molecule has 1 unspecified atom stereocenters. The highest BCUT2D eigenvalue weighted by atomic mass is 35.5. The quantitative estimate of drug-likeness (QED) is 0.786. The molecular formula is C12H17ClO2. The molecule has 0 spiro atoms. The average Bonchev–Trinajstić information content (AvgIpc) is 2.18. The fraction of sp³-hybridized carbons (Fsp3) is 0.500. The largest absolute Gasteiger partial charge is 0.383 e. The number of hydrogen-bond acceptors (Lipinski definition) is 2. The molecule has 0 saturated carbocycles. The molecule has 0 aliphatic rings. The number of hydrogen-bond donors (Lipinski definition) is 1. The van der Waals surface area contributed by atoms with Crippen LogP contribution in [0.3, 0.4) is 0 Å². The molecular weight excluding hydrogens is 212 g/mol. The SMILES string of the molecule is CCCOCC(C)(O)c1ccccc1Cl. The molecule has 0 fully saturated rings. The second kappa shape index (κ2) is 5.50. The van der Waals surface area contributed by atoms with Crippen LogP contribution in [-0.2, 0) is 10.3 Å². The van der Waals surface area contributed by atoms with E-state index in [0.29, 0.717) is 17.2 Å². The zero-order valence-electron chi connectivity index (χ0n) is 9.16. The van der Waals surface area contributed by atoms with Crippen LogP contribution in [-0.4, -0.2) is 18.3 Å². The number of benzene rings is 1. The Morgan fingerprint density at radius 3 is 2.67 bits per heavy atom. The van der Waals surface area contributed by atoms with E-state index in [1.165, 1.54) is 0 Å². The van der Waals surface area contributed by atoms with E-state index in [-0.39, 0.29) is 6.61 Å². The lowest BCUT2D eigenvalue weighted by Crippen LogP contribution is -2.28. The molecule has 2 nitrogen and oxygen atoms in total. The van der Waals surface area contributed by atoms with Crippen LogP contribution in [0, 0.1) is 0 Å². The zero-order valence-corrected chi connectivity index (χ0v) is 9.92. The Morgan fingerprint density at radius 2 is 2.07 bits per heavy atom. The molecule has 0 aromatic heterocycles. The van der Waals surface area contributed by atoms with Crippen LogP contribution in [0.15, 0.2) is 24.3 Å². The van der Waals surface area contributed by atoms with E-state index in [0.717, 1.165) is 6.42 Å². The van der Waals surface area contributed by atoms with Crippen LogP contribution < -0.4 is 0 Å². The number of halogens is 1. The van der Waals surface area contributed by atoms with E-state index >= 15 is 0 Å². The maximum atomic E-state index is 10.2. The van der Waals surface area contributed by atoms with Crippen molar-refractivity contribution in [3.05, 3.63) is 34.9 Å². The van der Waals surface area contributed by atoms with Crippen molar-refractivity contribution in [1.29, 1.82) is 0 Å². The maximum absolute atomic E-state index is 10.2. The molecule has 0 heterocycles. The van der Waals surface area contributed by atoms with Gasteiger partial charge in [0.25, 0.3) is 0 Å². The van der Waals surface area contributed by atoms with Gasteiger partial charge in [0, 0.05) is 17.2 Å². The standard InChI is InChI=1S/C12H17ClO2/c1-3-8-15-9-12(2,14)10-6-4-5-7-11(10)13/h4-7,14H,3,8-9H2,1-2H3. The summed E-state index contributed by atoms with van der Waals surface area (Å²) in [5.41, 5.74) is -0.309. The van der Waals surface area contributed by atoms with Crippen LogP contribution in [0.1, 0.15) is 25.8 Å². The van der Waals surface area contributed by atoms with Gasteiger partial charge in [-0.05, 0) is 19.4 Å². The van der Waals surface area contributed by atoms with Gasteiger partial charge in [-0.25, -0.2) is 0 Å². The summed E-state index contributed by atoms with van der Waals surface area (Å²) < 4.78 is 5.35. The summed E-state index contributed by atoms with van der Waals surface area (Å²) in [6, 6.07) is 7.28. The predicted octanol–water partition coefficient (Wildman–Crippen LogP) is 2.97. The third-order valence-corrected chi connectivity index (χ3v) is 2.52. The minimum absolute atomic E-state index is 0.268. The van der Waals surface area contributed by atoms with Gasteiger partial charge < -0.3 is 9.84 Å². The zero-order chi connectivity index (χ0) is 11.3. The van der Waals surface area contributed by atoms with Crippen molar-refractivity contribution in [2.24, 2.45) is 0 Å². The van der Waals surface area contributed by atoms with E-state index in [1.807, 2.05) is 25.1 Å². The molecule has 1 aromatic rings. The number of rotatable bonds is 5. The molecule has 0 aliphatic carbocycles. The van der Waals surface area contributed by atoms with Crippen molar-refractivity contribution in [3.63, 3.8) is 0 Å². The van der Waals surface area contributed by atoms with Crippen LogP contribution in [0.25, 0.3) is 0 Å². The molecule has 1 aromatic carbocycles. The van der Waals surface area contributed by atoms with Crippen molar-refractivity contribution in [2.45, 2.75) is 25.9 Å². The van der Waals surface area contributed by atoms with Gasteiger partial charge in [0.15, 0.2) is 0 Å². The van der Waals surface area contributed by atoms with E-state index in [2.05, 4.69) is 0 Å². The lowest BCUT2D eigenvalue weighted by Gasteiger charge is -2.24. The van der Waals surface area contributed by atoms with E-state index < -0.39 is 5.60 Å². The average molecular weight is 229 g/mol. The van der Waals surface area contributed by atoms with Crippen molar-refractivity contribution >= 4 is 11.6 Å². The Labute approximate surface area is 95.8 Å². The van der Waals surface area contributed by atoms with Crippen molar-refractivity contribution in [2.75, 3.05) is 13.2 Å². The molecule has 1 rings (SSSR count). The molecule has 15 heavy (non-hydrogen) atoms. The van der Waals surface area contributed by atoms with Gasteiger partial charge in [-0.3, -0.25) is 0 Å². The van der Waals surface area contributed by atoms with Crippen LogP contribution in [0.5, 0.6) is 0 Å². The Balaban J connectivity index is 2.72. The van der Waals surface area contributed by atoms with Gasteiger partial charge in [-0.15, -0.1) is 0 Å². The lowest BCUT2D eigenvalue weighted by atomic mass is 9.97. The summed E-state index contributed by atoms with van der Waals surface area (Å²) in [4.78, 5) is 0. The third kappa shape index (κ3) is 3.49. The summed E-state index contributed by atoms with van der Waals surface area (Å²) in [6.45, 7) is 4.67. The molecule has 1 N–H and O–H groups in total. The smallest absolute Gasteiger partial charge is 0.111 e. The minimum Gasteiger partial charge on any atom is -0.383 e. The highest BCUT2D eigenvalue weighted by Gasteiger charge is 2.25. The highest BCUT2D eigenvalue weighted by Crippen LogP contribution is 2.27. The van der Waals surface area contributed by atoms with Crippen molar-refractivity contribution in [1.82, 2.24) is 0 Å². The fourth-order valence-electron chi connectivity index (χ4n) is 1.39. The first-order valence-corrected chi connectivity index (χ1v) is 5.51. The second-order valence-electron chi connectivity index (χ2n) is 3.81. The molecule has 0 saturated heterocycles. The van der Waals surface area contributed by atoms with Crippen molar-refractivity contribution in [3.8, 4) is 0 Å². The van der Waals surface area contributed by atoms with Gasteiger partial charge in [-0.1, -0.05) is 36.7 Å². The van der Waals surface area contributed by atoms with Gasteiger partial charge in [0.05, 0.1) is 6.61 Å². The molecule has 3 heteroatoms. The first kappa shape index (κ1) is 12.5. The minimum atomic E-state index is -1.02. The van der Waals surface area contributed by atoms with E-state index in [9.17, 15) is 5.11 Å². The van der Waals surface area contributed by atoms with Gasteiger partial charge in [0.1, 0.15) is 5.60 Å². The van der Waals surface area contributed by atoms with E-state index in [4.69, 9.17) is 16.3 Å². The molecule has 0 aliphatic heterocycles. The van der Waals surface area contributed by atoms with Crippen LogP contribution in [0.4, 0.5) is 0 Å².